The van der Waals surface area contributed by atoms with Gasteiger partial charge >= 0.3 is 18.0 Å². The SMILES string of the molecule is CCC(=O)O[C@H](OC(=O)NC[C@H](C[C@H](CC)CC(C)C)C(=O)O)C(C)C. The Balaban J connectivity index is 4.64. The van der Waals surface area contributed by atoms with E-state index in [1.165, 1.54) is 0 Å². The first kappa shape index (κ1) is 24.2. The van der Waals surface area contributed by atoms with Crippen LogP contribution >= 0.6 is 0 Å². The minimum Gasteiger partial charge on any atom is -0.481 e. The number of hydrogen-bond donors (Lipinski definition) is 2. The van der Waals surface area contributed by atoms with Crippen molar-refractivity contribution >= 4 is 18.0 Å². The van der Waals surface area contributed by atoms with Crippen LogP contribution in [-0.4, -0.2) is 36.0 Å². The van der Waals surface area contributed by atoms with Crippen LogP contribution in [-0.2, 0) is 19.1 Å². The van der Waals surface area contributed by atoms with Crippen molar-refractivity contribution in [2.75, 3.05) is 6.54 Å². The van der Waals surface area contributed by atoms with E-state index in [0.29, 0.717) is 18.3 Å². The summed E-state index contributed by atoms with van der Waals surface area (Å²) in [6, 6.07) is 0. The minimum absolute atomic E-state index is 0.0186. The Kier molecular flexibility index (Phi) is 11.7. The highest BCUT2D eigenvalue weighted by molar-refractivity contribution is 5.73. The van der Waals surface area contributed by atoms with E-state index in [9.17, 15) is 19.5 Å². The average Bonchev–Trinajstić information content (AvgIpc) is 2.55. The van der Waals surface area contributed by atoms with Crippen molar-refractivity contribution in [2.24, 2.45) is 23.7 Å². The van der Waals surface area contributed by atoms with Crippen LogP contribution < -0.4 is 5.32 Å². The predicted molar refractivity (Wildman–Crippen MR) is 98.5 cm³/mol. The van der Waals surface area contributed by atoms with Gasteiger partial charge in [-0.15, -0.1) is 0 Å². The van der Waals surface area contributed by atoms with Crippen LogP contribution in [0.4, 0.5) is 4.79 Å². The van der Waals surface area contributed by atoms with Crippen molar-refractivity contribution in [3.05, 3.63) is 0 Å². The molecule has 1 amide bonds. The lowest BCUT2D eigenvalue weighted by Gasteiger charge is -2.23. The number of carboxylic acids is 1. The van der Waals surface area contributed by atoms with Gasteiger partial charge in [0, 0.05) is 18.9 Å². The Bertz CT molecular complexity index is 449. The zero-order valence-electron chi connectivity index (χ0n) is 16.9. The Morgan fingerprint density at radius 1 is 1.00 bits per heavy atom. The summed E-state index contributed by atoms with van der Waals surface area (Å²) in [4.78, 5) is 34.9. The van der Waals surface area contributed by atoms with E-state index in [0.717, 1.165) is 12.8 Å². The number of esters is 1. The molecule has 0 aromatic heterocycles. The number of carbonyl (C=O) groups is 3. The first-order valence-electron chi connectivity index (χ1n) is 9.47. The fraction of sp³-hybridized carbons (Fsp3) is 0.842. The number of carbonyl (C=O) groups excluding carboxylic acids is 2. The van der Waals surface area contributed by atoms with Gasteiger partial charge in [-0.25, -0.2) is 4.79 Å². The number of amides is 1. The lowest BCUT2D eigenvalue weighted by molar-refractivity contribution is -0.174. The normalized spacial score (nSPS) is 14.6. The third-order valence-electron chi connectivity index (χ3n) is 4.15. The van der Waals surface area contributed by atoms with Crippen LogP contribution in [0.2, 0.25) is 0 Å². The van der Waals surface area contributed by atoms with Gasteiger partial charge in [0.15, 0.2) is 0 Å². The molecule has 0 aliphatic carbocycles. The number of rotatable bonds is 12. The van der Waals surface area contributed by atoms with Gasteiger partial charge in [0.05, 0.1) is 5.92 Å². The molecule has 0 saturated heterocycles. The van der Waals surface area contributed by atoms with Gasteiger partial charge < -0.3 is 19.9 Å². The maximum Gasteiger partial charge on any atom is 0.410 e. The van der Waals surface area contributed by atoms with Crippen molar-refractivity contribution in [3.63, 3.8) is 0 Å². The molecule has 0 spiro atoms. The fourth-order valence-corrected chi connectivity index (χ4v) is 2.63. The third-order valence-corrected chi connectivity index (χ3v) is 4.15. The number of carboxylic acid groups (broad SMARTS) is 1. The minimum atomic E-state index is -0.991. The van der Waals surface area contributed by atoms with Gasteiger partial charge in [0.1, 0.15) is 0 Å². The van der Waals surface area contributed by atoms with E-state index in [1.807, 2.05) is 6.92 Å². The van der Waals surface area contributed by atoms with Crippen molar-refractivity contribution in [3.8, 4) is 0 Å². The second-order valence-corrected chi connectivity index (χ2v) is 7.42. The number of hydrogen-bond acceptors (Lipinski definition) is 5. The van der Waals surface area contributed by atoms with E-state index >= 15 is 0 Å². The van der Waals surface area contributed by atoms with E-state index in [-0.39, 0.29) is 18.9 Å². The van der Waals surface area contributed by atoms with Gasteiger partial charge in [-0.2, -0.15) is 0 Å². The van der Waals surface area contributed by atoms with Crippen LogP contribution in [0.25, 0.3) is 0 Å². The summed E-state index contributed by atoms with van der Waals surface area (Å²) in [5.41, 5.74) is 0. The first-order valence-corrected chi connectivity index (χ1v) is 9.47. The molecule has 3 atom stereocenters. The molecule has 26 heavy (non-hydrogen) atoms. The molecule has 0 heterocycles. The maximum absolute atomic E-state index is 12.0. The summed E-state index contributed by atoms with van der Waals surface area (Å²) in [7, 11) is 0. The molecule has 0 aromatic carbocycles. The highest BCUT2D eigenvalue weighted by atomic mass is 16.7. The smallest absolute Gasteiger partial charge is 0.410 e. The summed E-state index contributed by atoms with van der Waals surface area (Å²) in [6.07, 6.45) is 0.764. The number of ether oxygens (including phenoxy) is 2. The Morgan fingerprint density at radius 2 is 1.62 bits per heavy atom. The van der Waals surface area contributed by atoms with Crippen LogP contribution in [0.1, 0.15) is 67.2 Å². The second kappa shape index (κ2) is 12.5. The molecule has 0 aromatic rings. The zero-order chi connectivity index (χ0) is 20.3. The van der Waals surface area contributed by atoms with Gasteiger partial charge in [0.2, 0.25) is 0 Å². The molecular formula is C19H35NO6. The van der Waals surface area contributed by atoms with Crippen molar-refractivity contribution in [1.82, 2.24) is 5.32 Å². The summed E-state index contributed by atoms with van der Waals surface area (Å²) in [5.74, 6) is -1.50. The van der Waals surface area contributed by atoms with E-state index in [2.05, 4.69) is 19.2 Å². The van der Waals surface area contributed by atoms with Crippen molar-refractivity contribution in [1.29, 1.82) is 0 Å². The third kappa shape index (κ3) is 10.3. The average molecular weight is 373 g/mol. The van der Waals surface area contributed by atoms with Gasteiger partial charge in [-0.1, -0.05) is 48.0 Å². The Morgan fingerprint density at radius 3 is 2.04 bits per heavy atom. The summed E-state index contributed by atoms with van der Waals surface area (Å²) < 4.78 is 10.2. The highest BCUT2D eigenvalue weighted by Crippen LogP contribution is 2.23. The molecule has 152 valence electrons. The number of aliphatic carboxylic acids is 1. The summed E-state index contributed by atoms with van der Waals surface area (Å²) >= 11 is 0. The topological polar surface area (TPSA) is 102 Å². The molecule has 0 saturated carbocycles. The molecule has 0 bridgehead atoms. The van der Waals surface area contributed by atoms with Gasteiger partial charge in [0.25, 0.3) is 6.29 Å². The van der Waals surface area contributed by atoms with Crippen molar-refractivity contribution < 1.29 is 29.0 Å². The molecule has 0 fully saturated rings. The molecule has 7 heteroatoms. The Labute approximate surface area is 156 Å². The van der Waals surface area contributed by atoms with E-state index < -0.39 is 30.2 Å². The lowest BCUT2D eigenvalue weighted by atomic mass is 9.86. The quantitative estimate of drug-likeness (QED) is 0.398. The highest BCUT2D eigenvalue weighted by Gasteiger charge is 2.25. The fourth-order valence-electron chi connectivity index (χ4n) is 2.63. The molecule has 0 unspecified atom stereocenters. The zero-order valence-corrected chi connectivity index (χ0v) is 16.9. The molecule has 0 aliphatic heterocycles. The summed E-state index contributed by atoms with van der Waals surface area (Å²) in [6.45, 7) is 11.4. The molecular weight excluding hydrogens is 338 g/mol. The van der Waals surface area contributed by atoms with Crippen LogP contribution in [0, 0.1) is 23.7 Å². The Hall–Kier alpha value is -1.79. The summed E-state index contributed by atoms with van der Waals surface area (Å²) in [5, 5.41) is 11.9. The van der Waals surface area contributed by atoms with Gasteiger partial charge in [-0.3, -0.25) is 9.59 Å². The van der Waals surface area contributed by atoms with Gasteiger partial charge in [-0.05, 0) is 24.7 Å². The molecule has 0 rings (SSSR count). The monoisotopic (exact) mass is 373 g/mol. The molecule has 2 N–H and O–H groups in total. The van der Waals surface area contributed by atoms with Crippen LogP contribution in [0.15, 0.2) is 0 Å². The van der Waals surface area contributed by atoms with E-state index in [4.69, 9.17) is 9.47 Å². The lowest BCUT2D eigenvalue weighted by Crippen LogP contribution is -2.38. The predicted octanol–water partition coefficient (Wildman–Crippen LogP) is 3.81. The first-order chi connectivity index (χ1) is 12.1. The second-order valence-electron chi connectivity index (χ2n) is 7.42. The van der Waals surface area contributed by atoms with Crippen LogP contribution in [0.3, 0.4) is 0 Å². The molecule has 0 radical (unpaired) electrons. The number of alkyl carbamates (subject to hydrolysis) is 1. The van der Waals surface area contributed by atoms with Crippen molar-refractivity contribution in [2.45, 2.75) is 73.5 Å². The van der Waals surface area contributed by atoms with E-state index in [1.54, 1.807) is 20.8 Å². The van der Waals surface area contributed by atoms with Crippen LogP contribution in [0.5, 0.6) is 0 Å². The molecule has 0 aliphatic rings. The largest absolute Gasteiger partial charge is 0.481 e. The standard InChI is InChI=1S/C19H35NO6/c1-7-14(9-12(3)4)10-15(17(22)23)11-20-19(24)26-18(13(5)6)25-16(21)8-2/h12-15,18H,7-11H2,1-6H3,(H,20,24)(H,22,23)/t14-,15+,18-/m1/s1. The maximum atomic E-state index is 12.0. The molecule has 7 nitrogen and oxygen atoms in total. The number of nitrogens with one attached hydrogen (secondary N) is 1.